The van der Waals surface area contributed by atoms with Gasteiger partial charge < -0.3 is 0 Å². The van der Waals surface area contributed by atoms with Gasteiger partial charge in [-0.2, -0.15) is 10.2 Å². The summed E-state index contributed by atoms with van der Waals surface area (Å²) in [5, 5.41) is 10.7. The zero-order valence-electron chi connectivity index (χ0n) is 18.4. The van der Waals surface area contributed by atoms with Gasteiger partial charge >= 0.3 is 0 Å². The molecule has 5 nitrogen and oxygen atoms in total. The summed E-state index contributed by atoms with van der Waals surface area (Å²) in [6.07, 6.45) is 1.27. The van der Waals surface area contributed by atoms with Crippen LogP contribution in [0.5, 0.6) is 0 Å². The third-order valence-corrected chi connectivity index (χ3v) is 5.56. The Balaban J connectivity index is 1.55. The normalized spacial score (nSPS) is 11.2. The standard InChI is InChI=1S/C28H21FN4O/c1-19-13-15-22(16-14-19)33-27(24-11-6-9-20-7-2-4-10-23(20)24)17-26(32-33)28(34)31-30-18-21-8-3-5-12-25(21)29/h2-18H,1H3,(H,31,34)/b30-18-. The molecule has 5 rings (SSSR count). The van der Waals surface area contributed by atoms with Crippen LogP contribution in [0.3, 0.4) is 0 Å². The first-order chi connectivity index (χ1) is 16.6. The van der Waals surface area contributed by atoms with Gasteiger partial charge in [-0.25, -0.2) is 14.5 Å². The van der Waals surface area contributed by atoms with Crippen molar-refractivity contribution in [3.8, 4) is 16.9 Å². The third kappa shape index (κ3) is 4.21. The van der Waals surface area contributed by atoms with E-state index in [2.05, 4.69) is 33.8 Å². The van der Waals surface area contributed by atoms with Gasteiger partial charge in [0.25, 0.3) is 5.91 Å². The highest BCUT2D eigenvalue weighted by molar-refractivity contribution is 5.99. The number of rotatable bonds is 5. The Kier molecular flexibility index (Phi) is 5.70. The molecule has 0 saturated carbocycles. The summed E-state index contributed by atoms with van der Waals surface area (Å²) in [7, 11) is 0. The van der Waals surface area contributed by atoms with E-state index in [-0.39, 0.29) is 11.3 Å². The van der Waals surface area contributed by atoms with Crippen LogP contribution in [0, 0.1) is 12.7 Å². The minimum absolute atomic E-state index is 0.203. The summed E-state index contributed by atoms with van der Waals surface area (Å²) in [5.41, 5.74) is 6.64. The second-order valence-electron chi connectivity index (χ2n) is 7.91. The van der Waals surface area contributed by atoms with Crippen molar-refractivity contribution in [1.29, 1.82) is 0 Å². The van der Waals surface area contributed by atoms with Crippen molar-refractivity contribution < 1.29 is 9.18 Å². The SMILES string of the molecule is Cc1ccc(-n2nc(C(=O)N/N=C\c3ccccc3F)cc2-c2cccc3ccccc23)cc1. The number of fused-ring (bicyclic) bond motifs is 1. The Labute approximate surface area is 196 Å². The van der Waals surface area contributed by atoms with Gasteiger partial charge in [-0.1, -0.05) is 78.4 Å². The summed E-state index contributed by atoms with van der Waals surface area (Å²) in [4.78, 5) is 12.9. The zero-order valence-corrected chi connectivity index (χ0v) is 18.4. The van der Waals surface area contributed by atoms with Crippen LogP contribution in [0.15, 0.2) is 102 Å². The minimum atomic E-state index is -0.486. The number of aryl methyl sites for hydroxylation is 1. The van der Waals surface area contributed by atoms with Gasteiger partial charge in [0, 0.05) is 11.1 Å². The number of carbonyl (C=O) groups is 1. The molecule has 1 heterocycles. The monoisotopic (exact) mass is 448 g/mol. The van der Waals surface area contributed by atoms with E-state index in [9.17, 15) is 9.18 Å². The fourth-order valence-electron chi connectivity index (χ4n) is 3.81. The number of amides is 1. The molecule has 0 bridgehead atoms. The summed E-state index contributed by atoms with van der Waals surface area (Å²) < 4.78 is 15.6. The van der Waals surface area contributed by atoms with E-state index >= 15 is 0 Å². The van der Waals surface area contributed by atoms with Crippen LogP contribution in [-0.2, 0) is 0 Å². The molecule has 4 aromatic carbocycles. The fourth-order valence-corrected chi connectivity index (χ4v) is 3.81. The fraction of sp³-hybridized carbons (Fsp3) is 0.0357. The second-order valence-corrected chi connectivity index (χ2v) is 7.91. The molecule has 0 aliphatic carbocycles. The molecular weight excluding hydrogens is 427 g/mol. The van der Waals surface area contributed by atoms with Crippen LogP contribution in [0.1, 0.15) is 21.6 Å². The van der Waals surface area contributed by atoms with Gasteiger partial charge in [-0.3, -0.25) is 4.79 Å². The highest BCUT2D eigenvalue weighted by atomic mass is 19.1. The number of nitrogens with zero attached hydrogens (tertiary/aromatic N) is 3. The average molecular weight is 449 g/mol. The maximum Gasteiger partial charge on any atom is 0.291 e. The van der Waals surface area contributed by atoms with Crippen molar-refractivity contribution in [2.45, 2.75) is 6.92 Å². The Morgan fingerprint density at radius 1 is 0.941 bits per heavy atom. The minimum Gasteiger partial charge on any atom is -0.265 e. The number of carbonyl (C=O) groups excluding carboxylic acids is 1. The van der Waals surface area contributed by atoms with Crippen molar-refractivity contribution >= 4 is 22.9 Å². The van der Waals surface area contributed by atoms with Crippen molar-refractivity contribution in [3.63, 3.8) is 0 Å². The van der Waals surface area contributed by atoms with E-state index in [4.69, 9.17) is 0 Å². The van der Waals surface area contributed by atoms with E-state index in [0.717, 1.165) is 33.3 Å². The van der Waals surface area contributed by atoms with Gasteiger partial charge in [-0.15, -0.1) is 0 Å². The number of hydrogen-bond donors (Lipinski definition) is 1. The Morgan fingerprint density at radius 3 is 2.50 bits per heavy atom. The largest absolute Gasteiger partial charge is 0.291 e. The molecule has 34 heavy (non-hydrogen) atoms. The van der Waals surface area contributed by atoms with Gasteiger partial charge in [0.1, 0.15) is 5.82 Å². The number of nitrogens with one attached hydrogen (secondary N) is 1. The van der Waals surface area contributed by atoms with Crippen molar-refractivity contribution in [2.75, 3.05) is 0 Å². The molecule has 5 aromatic rings. The van der Waals surface area contributed by atoms with Gasteiger partial charge in [0.15, 0.2) is 5.69 Å². The average Bonchev–Trinajstić information content (AvgIpc) is 3.31. The second kappa shape index (κ2) is 9.11. The maximum atomic E-state index is 13.8. The lowest BCUT2D eigenvalue weighted by Crippen LogP contribution is -2.18. The number of hydrogen-bond acceptors (Lipinski definition) is 3. The van der Waals surface area contributed by atoms with Gasteiger partial charge in [-0.05, 0) is 42.0 Å². The maximum absolute atomic E-state index is 13.8. The molecule has 0 spiro atoms. The molecule has 0 aliphatic heterocycles. The lowest BCUT2D eigenvalue weighted by molar-refractivity contribution is 0.0949. The summed E-state index contributed by atoms with van der Waals surface area (Å²) in [6.45, 7) is 2.02. The molecule has 0 unspecified atom stereocenters. The van der Waals surface area contributed by atoms with E-state index in [1.807, 2.05) is 55.5 Å². The molecule has 1 aromatic heterocycles. The van der Waals surface area contributed by atoms with Crippen LogP contribution in [0.2, 0.25) is 0 Å². The van der Waals surface area contributed by atoms with Gasteiger partial charge in [0.2, 0.25) is 0 Å². The van der Waals surface area contributed by atoms with E-state index < -0.39 is 11.7 Å². The van der Waals surface area contributed by atoms with Crippen molar-refractivity contribution in [3.05, 3.63) is 120 Å². The quantitative estimate of drug-likeness (QED) is 0.269. The number of halogens is 1. The Morgan fingerprint density at radius 2 is 1.68 bits per heavy atom. The molecule has 0 aliphatic rings. The lowest BCUT2D eigenvalue weighted by Gasteiger charge is -2.10. The summed E-state index contributed by atoms with van der Waals surface area (Å²) >= 11 is 0. The van der Waals surface area contributed by atoms with Crippen LogP contribution in [0.4, 0.5) is 4.39 Å². The molecule has 6 heteroatoms. The molecular formula is C28H21FN4O. The zero-order chi connectivity index (χ0) is 23.5. The third-order valence-electron chi connectivity index (χ3n) is 5.56. The lowest BCUT2D eigenvalue weighted by atomic mass is 10.0. The highest BCUT2D eigenvalue weighted by Gasteiger charge is 2.18. The predicted molar refractivity (Wildman–Crippen MR) is 133 cm³/mol. The highest BCUT2D eigenvalue weighted by Crippen LogP contribution is 2.31. The predicted octanol–water partition coefficient (Wildman–Crippen LogP) is 5.90. The van der Waals surface area contributed by atoms with E-state index in [1.54, 1.807) is 28.9 Å². The van der Waals surface area contributed by atoms with Crippen LogP contribution >= 0.6 is 0 Å². The molecule has 1 amide bonds. The molecule has 0 atom stereocenters. The molecule has 0 fully saturated rings. The summed E-state index contributed by atoms with van der Waals surface area (Å²) in [6, 6.07) is 30.0. The molecule has 166 valence electrons. The molecule has 0 saturated heterocycles. The Hall–Kier alpha value is -4.58. The van der Waals surface area contributed by atoms with E-state index in [1.165, 1.54) is 12.3 Å². The molecule has 1 N–H and O–H groups in total. The Bertz CT molecular complexity index is 1510. The first-order valence-corrected chi connectivity index (χ1v) is 10.8. The van der Waals surface area contributed by atoms with Crippen LogP contribution < -0.4 is 5.43 Å². The smallest absolute Gasteiger partial charge is 0.265 e. The first kappa shape index (κ1) is 21.3. The molecule has 0 radical (unpaired) electrons. The number of aromatic nitrogens is 2. The van der Waals surface area contributed by atoms with Crippen molar-refractivity contribution in [2.24, 2.45) is 5.10 Å². The van der Waals surface area contributed by atoms with Crippen LogP contribution in [0.25, 0.3) is 27.7 Å². The van der Waals surface area contributed by atoms with Crippen molar-refractivity contribution in [1.82, 2.24) is 15.2 Å². The first-order valence-electron chi connectivity index (χ1n) is 10.8. The summed E-state index contributed by atoms with van der Waals surface area (Å²) in [5.74, 6) is -0.901. The number of hydrazone groups is 1. The topological polar surface area (TPSA) is 59.3 Å². The van der Waals surface area contributed by atoms with E-state index in [0.29, 0.717) is 0 Å². The number of benzene rings is 4. The van der Waals surface area contributed by atoms with Gasteiger partial charge in [0.05, 0.1) is 17.6 Å². The van der Waals surface area contributed by atoms with Crippen LogP contribution in [-0.4, -0.2) is 21.9 Å².